The van der Waals surface area contributed by atoms with Crippen molar-refractivity contribution in [2.45, 2.75) is 0 Å². The first-order chi connectivity index (χ1) is 6.31. The van der Waals surface area contributed by atoms with E-state index in [-0.39, 0.29) is 5.91 Å². The van der Waals surface area contributed by atoms with Crippen LogP contribution in [-0.2, 0) is 9.53 Å². The number of hydrazine groups is 1. The first kappa shape index (κ1) is 8.12. The van der Waals surface area contributed by atoms with Crippen molar-refractivity contribution >= 4 is 5.91 Å². The number of rotatable bonds is 1. The number of nitrogens with one attached hydrogen (secondary N) is 1. The Balaban J connectivity index is 2.14. The highest BCUT2D eigenvalue weighted by Crippen LogP contribution is 2.20. The van der Waals surface area contributed by atoms with Crippen LogP contribution in [0, 0.1) is 0 Å². The topological polar surface area (TPSA) is 67.6 Å². The molecule has 2 aliphatic rings. The molecule has 3 N–H and O–H groups in total. The van der Waals surface area contributed by atoms with Gasteiger partial charge >= 0.3 is 0 Å². The average molecular weight is 181 g/mol. The fourth-order valence-corrected chi connectivity index (χ4v) is 1.44. The molecule has 1 saturated heterocycles. The highest BCUT2D eigenvalue weighted by molar-refractivity contribution is 5.93. The zero-order valence-corrected chi connectivity index (χ0v) is 7.12. The second-order valence-corrected chi connectivity index (χ2v) is 2.94. The summed E-state index contributed by atoms with van der Waals surface area (Å²) in [6, 6.07) is 0. The molecule has 0 radical (unpaired) electrons. The second-order valence-electron chi connectivity index (χ2n) is 2.94. The van der Waals surface area contributed by atoms with Gasteiger partial charge in [-0.05, 0) is 12.2 Å². The highest BCUT2D eigenvalue weighted by Gasteiger charge is 2.24. The predicted molar refractivity (Wildman–Crippen MR) is 46.0 cm³/mol. The van der Waals surface area contributed by atoms with Crippen molar-refractivity contribution < 1.29 is 9.53 Å². The fraction of sp³-hybridized carbons (Fsp3) is 0.375. The summed E-state index contributed by atoms with van der Waals surface area (Å²) in [6.07, 6.45) is 3.53. The summed E-state index contributed by atoms with van der Waals surface area (Å²) >= 11 is 0. The van der Waals surface area contributed by atoms with Gasteiger partial charge in [0.2, 0.25) is 0 Å². The number of nitrogens with two attached hydrogens (primary N) is 1. The molecule has 1 fully saturated rings. The minimum Gasteiger partial charge on any atom is -0.477 e. The van der Waals surface area contributed by atoms with Crippen LogP contribution in [0.1, 0.15) is 0 Å². The molecule has 0 spiro atoms. The molecule has 0 aromatic carbocycles. The molecular weight excluding hydrogens is 170 g/mol. The third-order valence-corrected chi connectivity index (χ3v) is 2.13. The SMILES string of the molecule is NNC(=O)C1=CC=C2OCCN2C1. The van der Waals surface area contributed by atoms with Crippen molar-refractivity contribution in [3.8, 4) is 0 Å². The van der Waals surface area contributed by atoms with Crippen molar-refractivity contribution in [1.82, 2.24) is 10.3 Å². The lowest BCUT2D eigenvalue weighted by atomic mass is 10.2. The summed E-state index contributed by atoms with van der Waals surface area (Å²) in [7, 11) is 0. The normalized spacial score (nSPS) is 19.9. The molecule has 1 amide bonds. The second kappa shape index (κ2) is 3.10. The standard InChI is InChI=1S/C8H11N3O2/c9-10-8(12)6-1-2-7-11(5-6)3-4-13-7/h1-2H,3-5,9H2,(H,10,12). The third-order valence-electron chi connectivity index (χ3n) is 2.13. The number of carbonyl (C=O) groups is 1. The van der Waals surface area contributed by atoms with Crippen molar-refractivity contribution in [1.29, 1.82) is 0 Å². The van der Waals surface area contributed by atoms with Crippen LogP contribution in [0.15, 0.2) is 23.6 Å². The van der Waals surface area contributed by atoms with Crippen molar-refractivity contribution in [3.63, 3.8) is 0 Å². The molecule has 5 heteroatoms. The van der Waals surface area contributed by atoms with Gasteiger partial charge in [0, 0.05) is 5.57 Å². The first-order valence-corrected chi connectivity index (χ1v) is 4.11. The summed E-state index contributed by atoms with van der Waals surface area (Å²) in [4.78, 5) is 13.2. The van der Waals surface area contributed by atoms with Gasteiger partial charge in [-0.25, -0.2) is 5.84 Å². The van der Waals surface area contributed by atoms with Crippen LogP contribution in [0.2, 0.25) is 0 Å². The van der Waals surface area contributed by atoms with E-state index in [0.717, 1.165) is 12.4 Å². The van der Waals surface area contributed by atoms with Crippen LogP contribution < -0.4 is 11.3 Å². The van der Waals surface area contributed by atoms with Gasteiger partial charge in [0.25, 0.3) is 5.91 Å². The van der Waals surface area contributed by atoms with E-state index in [4.69, 9.17) is 10.6 Å². The van der Waals surface area contributed by atoms with Gasteiger partial charge in [0.05, 0.1) is 13.1 Å². The molecule has 0 aliphatic carbocycles. The van der Waals surface area contributed by atoms with Crippen LogP contribution in [-0.4, -0.2) is 30.5 Å². The lowest BCUT2D eigenvalue weighted by Gasteiger charge is -2.21. The Morgan fingerprint density at radius 2 is 2.46 bits per heavy atom. The van der Waals surface area contributed by atoms with E-state index in [1.54, 1.807) is 12.2 Å². The Bertz CT molecular complexity index is 296. The number of ether oxygens (including phenoxy) is 1. The summed E-state index contributed by atoms with van der Waals surface area (Å²) in [6.45, 7) is 2.10. The van der Waals surface area contributed by atoms with Crippen molar-refractivity contribution in [2.24, 2.45) is 5.84 Å². The monoisotopic (exact) mass is 181 g/mol. The molecule has 0 atom stereocenters. The number of amides is 1. The Morgan fingerprint density at radius 1 is 1.62 bits per heavy atom. The van der Waals surface area contributed by atoms with Gasteiger partial charge in [-0.1, -0.05) is 0 Å². The van der Waals surface area contributed by atoms with E-state index < -0.39 is 0 Å². The number of fused-ring (bicyclic) bond motifs is 1. The maximum atomic E-state index is 11.2. The molecule has 0 unspecified atom stereocenters. The van der Waals surface area contributed by atoms with Crippen LogP contribution in [0.3, 0.4) is 0 Å². The summed E-state index contributed by atoms with van der Waals surface area (Å²) in [5.41, 5.74) is 2.77. The van der Waals surface area contributed by atoms with Gasteiger partial charge < -0.3 is 9.64 Å². The van der Waals surface area contributed by atoms with E-state index in [0.29, 0.717) is 18.7 Å². The van der Waals surface area contributed by atoms with E-state index in [1.165, 1.54) is 0 Å². The Morgan fingerprint density at radius 3 is 3.23 bits per heavy atom. The molecule has 5 nitrogen and oxygen atoms in total. The predicted octanol–water partition coefficient (Wildman–Crippen LogP) is -0.910. The Labute approximate surface area is 75.8 Å². The average Bonchev–Trinajstić information content (AvgIpc) is 2.63. The quantitative estimate of drug-likeness (QED) is 0.312. The minimum absolute atomic E-state index is 0.234. The molecule has 0 saturated carbocycles. The van der Waals surface area contributed by atoms with E-state index >= 15 is 0 Å². The molecule has 2 heterocycles. The lowest BCUT2D eigenvalue weighted by molar-refractivity contribution is -0.117. The van der Waals surface area contributed by atoms with Gasteiger partial charge in [0.1, 0.15) is 6.61 Å². The first-order valence-electron chi connectivity index (χ1n) is 4.11. The Hall–Kier alpha value is -1.49. The smallest absolute Gasteiger partial charge is 0.262 e. The maximum absolute atomic E-state index is 11.2. The highest BCUT2D eigenvalue weighted by atomic mass is 16.5. The number of hydrogen-bond acceptors (Lipinski definition) is 4. The number of hydrogen-bond donors (Lipinski definition) is 2. The summed E-state index contributed by atoms with van der Waals surface area (Å²) in [5.74, 6) is 5.64. The molecule has 0 aromatic rings. The third kappa shape index (κ3) is 1.38. The van der Waals surface area contributed by atoms with Crippen LogP contribution in [0.5, 0.6) is 0 Å². The maximum Gasteiger partial charge on any atom is 0.262 e. The zero-order valence-electron chi connectivity index (χ0n) is 7.12. The van der Waals surface area contributed by atoms with Crippen LogP contribution in [0.25, 0.3) is 0 Å². The van der Waals surface area contributed by atoms with Crippen LogP contribution >= 0.6 is 0 Å². The number of allylic oxidation sites excluding steroid dienone is 2. The molecule has 0 bridgehead atoms. The molecule has 2 aliphatic heterocycles. The van der Waals surface area contributed by atoms with Crippen molar-refractivity contribution in [3.05, 3.63) is 23.6 Å². The molecule has 13 heavy (non-hydrogen) atoms. The Kier molecular flexibility index (Phi) is 1.94. The van der Waals surface area contributed by atoms with E-state index in [1.807, 2.05) is 4.90 Å². The summed E-state index contributed by atoms with van der Waals surface area (Å²) < 4.78 is 5.30. The van der Waals surface area contributed by atoms with Crippen molar-refractivity contribution in [2.75, 3.05) is 19.7 Å². The molecule has 2 rings (SSSR count). The number of nitrogens with zero attached hydrogens (tertiary/aromatic N) is 1. The largest absolute Gasteiger partial charge is 0.477 e. The van der Waals surface area contributed by atoms with E-state index in [9.17, 15) is 4.79 Å². The van der Waals surface area contributed by atoms with E-state index in [2.05, 4.69) is 5.43 Å². The summed E-state index contributed by atoms with van der Waals surface area (Å²) in [5, 5.41) is 0. The zero-order chi connectivity index (χ0) is 9.26. The fourth-order valence-electron chi connectivity index (χ4n) is 1.44. The minimum atomic E-state index is -0.234. The van der Waals surface area contributed by atoms with Gasteiger partial charge in [-0.3, -0.25) is 10.2 Å². The van der Waals surface area contributed by atoms with Crippen LogP contribution in [0.4, 0.5) is 0 Å². The lowest BCUT2D eigenvalue weighted by Crippen LogP contribution is -2.36. The molecule has 70 valence electrons. The van der Waals surface area contributed by atoms with Gasteiger partial charge in [-0.2, -0.15) is 0 Å². The van der Waals surface area contributed by atoms with Gasteiger partial charge in [0.15, 0.2) is 5.88 Å². The molecular formula is C8H11N3O2. The number of carbonyl (C=O) groups excluding carboxylic acids is 1. The van der Waals surface area contributed by atoms with Gasteiger partial charge in [-0.15, -0.1) is 0 Å². The molecule has 0 aromatic heterocycles.